The first-order chi connectivity index (χ1) is 7.99. The molecule has 1 aromatic rings. The standard InChI is InChI=1S/C13H26N4/c1-10(2)7-14-8-12(4)11(3)6-13-9-17(5)16-15-13/h9-12,14H,6-8H2,1-5H3. The molecule has 1 aromatic heterocycles. The summed E-state index contributed by atoms with van der Waals surface area (Å²) in [6.07, 6.45) is 3.02. The van der Waals surface area contributed by atoms with Gasteiger partial charge in [-0.3, -0.25) is 4.68 Å². The molecule has 0 bridgehead atoms. The fraction of sp³-hybridized carbons (Fsp3) is 0.846. The van der Waals surface area contributed by atoms with Crippen molar-refractivity contribution in [1.29, 1.82) is 0 Å². The van der Waals surface area contributed by atoms with Crippen molar-refractivity contribution in [3.8, 4) is 0 Å². The predicted octanol–water partition coefficient (Wildman–Crippen LogP) is 1.88. The quantitative estimate of drug-likeness (QED) is 0.788. The first kappa shape index (κ1) is 14.2. The van der Waals surface area contributed by atoms with E-state index in [0.717, 1.165) is 31.1 Å². The van der Waals surface area contributed by atoms with Gasteiger partial charge < -0.3 is 5.32 Å². The van der Waals surface area contributed by atoms with Gasteiger partial charge in [0, 0.05) is 13.2 Å². The van der Waals surface area contributed by atoms with Crippen molar-refractivity contribution < 1.29 is 0 Å². The number of aryl methyl sites for hydroxylation is 1. The van der Waals surface area contributed by atoms with Crippen LogP contribution in [0.3, 0.4) is 0 Å². The van der Waals surface area contributed by atoms with Gasteiger partial charge in [0.2, 0.25) is 0 Å². The van der Waals surface area contributed by atoms with Gasteiger partial charge in [0.1, 0.15) is 0 Å². The van der Waals surface area contributed by atoms with Gasteiger partial charge in [-0.1, -0.05) is 32.9 Å². The van der Waals surface area contributed by atoms with Crippen molar-refractivity contribution >= 4 is 0 Å². The number of nitrogens with zero attached hydrogens (tertiary/aromatic N) is 3. The number of hydrogen-bond donors (Lipinski definition) is 1. The number of aromatic nitrogens is 3. The Labute approximate surface area is 105 Å². The Morgan fingerprint density at radius 1 is 1.18 bits per heavy atom. The summed E-state index contributed by atoms with van der Waals surface area (Å²) >= 11 is 0. The molecule has 1 N–H and O–H groups in total. The van der Waals surface area contributed by atoms with Gasteiger partial charge in [0.15, 0.2) is 0 Å². The van der Waals surface area contributed by atoms with Crippen LogP contribution in [0.5, 0.6) is 0 Å². The third-order valence-electron chi connectivity index (χ3n) is 3.17. The van der Waals surface area contributed by atoms with Crippen molar-refractivity contribution in [1.82, 2.24) is 20.3 Å². The topological polar surface area (TPSA) is 42.7 Å². The zero-order chi connectivity index (χ0) is 12.8. The molecule has 0 spiro atoms. The lowest BCUT2D eigenvalue weighted by atomic mass is 9.91. The van der Waals surface area contributed by atoms with Gasteiger partial charge in [-0.15, -0.1) is 5.10 Å². The maximum Gasteiger partial charge on any atom is 0.0829 e. The van der Waals surface area contributed by atoms with E-state index in [9.17, 15) is 0 Å². The van der Waals surface area contributed by atoms with E-state index in [2.05, 4.69) is 43.3 Å². The molecular formula is C13H26N4. The summed E-state index contributed by atoms with van der Waals surface area (Å²) in [7, 11) is 1.91. The smallest absolute Gasteiger partial charge is 0.0829 e. The molecule has 0 aliphatic rings. The molecular weight excluding hydrogens is 212 g/mol. The summed E-state index contributed by atoms with van der Waals surface area (Å²) in [4.78, 5) is 0. The third-order valence-corrected chi connectivity index (χ3v) is 3.17. The second kappa shape index (κ2) is 6.74. The van der Waals surface area contributed by atoms with E-state index in [-0.39, 0.29) is 0 Å². The van der Waals surface area contributed by atoms with Crippen molar-refractivity contribution in [2.75, 3.05) is 13.1 Å². The van der Waals surface area contributed by atoms with Crippen molar-refractivity contribution in [2.45, 2.75) is 34.1 Å². The molecule has 2 atom stereocenters. The maximum absolute atomic E-state index is 4.14. The van der Waals surface area contributed by atoms with E-state index >= 15 is 0 Å². The lowest BCUT2D eigenvalue weighted by molar-refractivity contribution is 0.355. The van der Waals surface area contributed by atoms with Gasteiger partial charge >= 0.3 is 0 Å². The van der Waals surface area contributed by atoms with Crippen LogP contribution in [0.1, 0.15) is 33.4 Å². The molecule has 1 heterocycles. The molecule has 0 aromatic carbocycles. The minimum absolute atomic E-state index is 0.631. The SMILES string of the molecule is CC(C)CNCC(C)C(C)Cc1cn(C)nn1. The van der Waals surface area contributed by atoms with Crippen LogP contribution < -0.4 is 5.32 Å². The summed E-state index contributed by atoms with van der Waals surface area (Å²) in [6, 6.07) is 0. The molecule has 1 rings (SSSR count). The van der Waals surface area contributed by atoms with Crippen molar-refractivity contribution in [3.05, 3.63) is 11.9 Å². The van der Waals surface area contributed by atoms with E-state index in [1.165, 1.54) is 0 Å². The highest BCUT2D eigenvalue weighted by molar-refractivity contribution is 4.94. The molecule has 98 valence electrons. The van der Waals surface area contributed by atoms with Crippen LogP contribution in [0, 0.1) is 17.8 Å². The minimum atomic E-state index is 0.631. The summed E-state index contributed by atoms with van der Waals surface area (Å²) in [5.74, 6) is 2.01. The number of nitrogens with one attached hydrogen (secondary N) is 1. The third kappa shape index (κ3) is 5.31. The van der Waals surface area contributed by atoms with Gasteiger partial charge in [0.05, 0.1) is 5.69 Å². The second-order valence-electron chi connectivity index (χ2n) is 5.59. The van der Waals surface area contributed by atoms with Gasteiger partial charge in [0.25, 0.3) is 0 Å². The maximum atomic E-state index is 4.14. The van der Waals surface area contributed by atoms with Crippen LogP contribution in [0.25, 0.3) is 0 Å². The first-order valence-corrected chi connectivity index (χ1v) is 6.55. The van der Waals surface area contributed by atoms with Crippen LogP contribution in [-0.4, -0.2) is 28.1 Å². The van der Waals surface area contributed by atoms with Gasteiger partial charge in [-0.05, 0) is 37.3 Å². The van der Waals surface area contributed by atoms with E-state index < -0.39 is 0 Å². The average Bonchev–Trinajstić information content (AvgIpc) is 2.63. The lowest BCUT2D eigenvalue weighted by Crippen LogP contribution is -2.28. The highest BCUT2D eigenvalue weighted by Gasteiger charge is 2.14. The first-order valence-electron chi connectivity index (χ1n) is 6.55. The summed E-state index contributed by atoms with van der Waals surface area (Å²) in [6.45, 7) is 11.2. The number of hydrogen-bond acceptors (Lipinski definition) is 3. The van der Waals surface area contributed by atoms with Crippen LogP contribution in [0.15, 0.2) is 6.20 Å². The monoisotopic (exact) mass is 238 g/mol. The molecule has 0 saturated carbocycles. The van der Waals surface area contributed by atoms with Crippen LogP contribution >= 0.6 is 0 Å². The largest absolute Gasteiger partial charge is 0.316 e. The molecule has 4 nitrogen and oxygen atoms in total. The molecule has 2 unspecified atom stereocenters. The van der Waals surface area contributed by atoms with E-state index in [4.69, 9.17) is 0 Å². The van der Waals surface area contributed by atoms with Crippen LogP contribution in [-0.2, 0) is 13.5 Å². The summed E-state index contributed by atoms with van der Waals surface area (Å²) in [5, 5.41) is 11.6. The minimum Gasteiger partial charge on any atom is -0.316 e. The second-order valence-corrected chi connectivity index (χ2v) is 5.59. The van der Waals surface area contributed by atoms with Crippen molar-refractivity contribution in [2.24, 2.45) is 24.8 Å². The van der Waals surface area contributed by atoms with Gasteiger partial charge in [-0.2, -0.15) is 0 Å². The zero-order valence-electron chi connectivity index (χ0n) is 11.8. The van der Waals surface area contributed by atoms with Crippen molar-refractivity contribution in [3.63, 3.8) is 0 Å². The average molecular weight is 238 g/mol. The highest BCUT2D eigenvalue weighted by Crippen LogP contribution is 2.15. The Morgan fingerprint density at radius 2 is 1.88 bits per heavy atom. The molecule has 0 saturated heterocycles. The van der Waals surface area contributed by atoms with E-state index in [1.807, 2.05) is 13.2 Å². The Hall–Kier alpha value is -0.900. The summed E-state index contributed by atoms with van der Waals surface area (Å²) in [5.41, 5.74) is 1.09. The summed E-state index contributed by atoms with van der Waals surface area (Å²) < 4.78 is 1.77. The number of rotatable bonds is 7. The molecule has 0 fully saturated rings. The molecule has 0 amide bonds. The van der Waals surface area contributed by atoms with E-state index in [0.29, 0.717) is 11.8 Å². The Bertz CT molecular complexity index is 319. The molecule has 0 aliphatic carbocycles. The Balaban J connectivity index is 2.29. The fourth-order valence-corrected chi connectivity index (χ4v) is 1.82. The van der Waals surface area contributed by atoms with E-state index in [1.54, 1.807) is 4.68 Å². The highest BCUT2D eigenvalue weighted by atomic mass is 15.4. The van der Waals surface area contributed by atoms with Crippen LogP contribution in [0.2, 0.25) is 0 Å². The predicted molar refractivity (Wildman–Crippen MR) is 70.7 cm³/mol. The molecule has 0 radical (unpaired) electrons. The fourth-order valence-electron chi connectivity index (χ4n) is 1.82. The molecule has 0 aliphatic heterocycles. The van der Waals surface area contributed by atoms with Crippen LogP contribution in [0.4, 0.5) is 0 Å². The van der Waals surface area contributed by atoms with Gasteiger partial charge in [-0.25, -0.2) is 0 Å². The zero-order valence-corrected chi connectivity index (χ0v) is 11.8. The Kier molecular flexibility index (Phi) is 5.62. The molecule has 4 heteroatoms. The Morgan fingerprint density at radius 3 is 2.41 bits per heavy atom. The molecule has 17 heavy (non-hydrogen) atoms. The normalized spacial score (nSPS) is 15.2. The lowest BCUT2D eigenvalue weighted by Gasteiger charge is -2.20.